The Hall–Kier alpha value is -0.660. The van der Waals surface area contributed by atoms with Crippen molar-refractivity contribution in [1.82, 2.24) is 14.5 Å². The largest absolute Gasteiger partial charge is 0.315 e. The van der Waals surface area contributed by atoms with E-state index in [1.165, 1.54) is 12.0 Å². The molecule has 1 atom stereocenters. The Kier molecular flexibility index (Phi) is 7.07. The lowest BCUT2D eigenvalue weighted by Gasteiger charge is -2.37. The first-order chi connectivity index (χ1) is 11.1. The van der Waals surface area contributed by atoms with Gasteiger partial charge >= 0.3 is 0 Å². The van der Waals surface area contributed by atoms with Gasteiger partial charge in [0.25, 0.3) is 0 Å². The predicted octanol–water partition coefficient (Wildman–Crippen LogP) is 1.73. The number of hydrogen-bond donors (Lipinski definition) is 1. The van der Waals surface area contributed by atoms with E-state index in [0.717, 1.165) is 39.0 Å². The van der Waals surface area contributed by atoms with Crippen LogP contribution in [0.5, 0.6) is 0 Å². The number of nitrogens with one attached hydrogen (secondary N) is 1. The van der Waals surface area contributed by atoms with E-state index in [9.17, 15) is 8.42 Å². The maximum atomic E-state index is 12.8. The number of benzene rings is 1. The van der Waals surface area contributed by atoms with Gasteiger partial charge in [-0.3, -0.25) is 4.90 Å². The summed E-state index contributed by atoms with van der Waals surface area (Å²) in [6.07, 6.45) is 3.24. The third kappa shape index (κ3) is 4.29. The molecular weight excluding hydrogens is 346 g/mol. The van der Waals surface area contributed by atoms with Gasteiger partial charge in [0.1, 0.15) is 0 Å². The number of aryl methyl sites for hydroxylation is 1. The Labute approximate surface area is 151 Å². The highest BCUT2D eigenvalue weighted by Crippen LogP contribution is 2.20. The first-order valence-electron chi connectivity index (χ1n) is 8.65. The van der Waals surface area contributed by atoms with Crippen molar-refractivity contribution in [3.63, 3.8) is 0 Å². The van der Waals surface area contributed by atoms with Gasteiger partial charge in [-0.25, -0.2) is 8.42 Å². The molecule has 3 rings (SSSR count). The van der Waals surface area contributed by atoms with Crippen molar-refractivity contribution in [2.24, 2.45) is 0 Å². The molecule has 1 aromatic rings. The summed E-state index contributed by atoms with van der Waals surface area (Å²) in [6, 6.07) is 7.97. The molecule has 0 amide bonds. The molecule has 0 spiro atoms. The Balaban J connectivity index is 0.00000208. The zero-order valence-electron chi connectivity index (χ0n) is 14.3. The highest BCUT2D eigenvalue weighted by Gasteiger charge is 2.31. The lowest BCUT2D eigenvalue weighted by atomic mass is 10.1. The zero-order chi connectivity index (χ0) is 16.3. The fourth-order valence-corrected chi connectivity index (χ4v) is 4.95. The second kappa shape index (κ2) is 8.63. The van der Waals surface area contributed by atoms with Gasteiger partial charge in [-0.1, -0.05) is 25.5 Å². The summed E-state index contributed by atoms with van der Waals surface area (Å²) in [5, 5.41) is 3.38. The van der Waals surface area contributed by atoms with Crippen molar-refractivity contribution in [2.75, 3.05) is 39.3 Å². The topological polar surface area (TPSA) is 52.7 Å². The standard InChI is InChI=1S/C17H27N3O2S.ClH/c1-2-3-15-4-6-17(7-5-15)23(21,22)20-12-10-19(11-13-20)16-8-9-18-14-16;/h4-7,16,18H,2-3,8-14H2,1H3;1H. The third-order valence-corrected chi connectivity index (χ3v) is 6.84. The smallest absolute Gasteiger partial charge is 0.243 e. The minimum absolute atomic E-state index is 0. The van der Waals surface area contributed by atoms with Crippen LogP contribution in [0.15, 0.2) is 29.2 Å². The van der Waals surface area contributed by atoms with Gasteiger partial charge in [-0.05, 0) is 37.1 Å². The molecule has 2 fully saturated rings. The molecule has 2 heterocycles. The number of rotatable bonds is 5. The van der Waals surface area contributed by atoms with E-state index in [1.54, 1.807) is 16.4 Å². The molecule has 1 aromatic carbocycles. The summed E-state index contributed by atoms with van der Waals surface area (Å²) in [4.78, 5) is 2.85. The monoisotopic (exact) mass is 373 g/mol. The fraction of sp³-hybridized carbons (Fsp3) is 0.647. The molecule has 1 unspecified atom stereocenters. The Morgan fingerprint density at radius 2 is 1.79 bits per heavy atom. The van der Waals surface area contributed by atoms with Crippen molar-refractivity contribution < 1.29 is 8.42 Å². The molecule has 7 heteroatoms. The van der Waals surface area contributed by atoms with Crippen molar-refractivity contribution in [3.05, 3.63) is 29.8 Å². The van der Waals surface area contributed by atoms with Crippen LogP contribution in [0.3, 0.4) is 0 Å². The molecule has 0 aliphatic carbocycles. The highest BCUT2D eigenvalue weighted by molar-refractivity contribution is 7.89. The number of hydrogen-bond acceptors (Lipinski definition) is 4. The van der Waals surface area contributed by atoms with E-state index in [-0.39, 0.29) is 12.4 Å². The van der Waals surface area contributed by atoms with Crippen LogP contribution < -0.4 is 5.32 Å². The van der Waals surface area contributed by atoms with E-state index in [0.29, 0.717) is 24.0 Å². The van der Waals surface area contributed by atoms with Crippen LogP contribution in [0.2, 0.25) is 0 Å². The summed E-state index contributed by atoms with van der Waals surface area (Å²) >= 11 is 0. The summed E-state index contributed by atoms with van der Waals surface area (Å²) in [5.74, 6) is 0. The number of nitrogens with zero attached hydrogens (tertiary/aromatic N) is 2. The maximum Gasteiger partial charge on any atom is 0.243 e. The first-order valence-corrected chi connectivity index (χ1v) is 10.1. The summed E-state index contributed by atoms with van der Waals surface area (Å²) in [5.41, 5.74) is 1.20. The number of piperazine rings is 1. The van der Waals surface area contributed by atoms with Crippen molar-refractivity contribution in [3.8, 4) is 0 Å². The van der Waals surface area contributed by atoms with Crippen molar-refractivity contribution in [2.45, 2.75) is 37.1 Å². The molecular formula is C17H28ClN3O2S. The van der Waals surface area contributed by atoms with Crippen molar-refractivity contribution >= 4 is 22.4 Å². The van der Waals surface area contributed by atoms with Crippen LogP contribution in [0.25, 0.3) is 0 Å². The highest BCUT2D eigenvalue weighted by atomic mass is 35.5. The first kappa shape index (κ1) is 19.7. The number of halogens is 1. The van der Waals surface area contributed by atoms with E-state index in [1.807, 2.05) is 12.1 Å². The van der Waals surface area contributed by atoms with E-state index >= 15 is 0 Å². The lowest BCUT2D eigenvalue weighted by Crippen LogP contribution is -2.52. The lowest BCUT2D eigenvalue weighted by molar-refractivity contribution is 0.145. The van der Waals surface area contributed by atoms with Crippen LogP contribution in [0.1, 0.15) is 25.3 Å². The Morgan fingerprint density at radius 3 is 2.33 bits per heavy atom. The molecule has 2 saturated heterocycles. The van der Waals surface area contributed by atoms with Gasteiger partial charge in [0, 0.05) is 38.8 Å². The molecule has 1 N–H and O–H groups in total. The molecule has 0 aromatic heterocycles. The molecule has 0 saturated carbocycles. The quantitative estimate of drug-likeness (QED) is 0.854. The Bertz CT molecular complexity index is 607. The van der Waals surface area contributed by atoms with Gasteiger partial charge < -0.3 is 5.32 Å². The molecule has 0 bridgehead atoms. The summed E-state index contributed by atoms with van der Waals surface area (Å²) in [6.45, 7) is 7.09. The van der Waals surface area contributed by atoms with E-state index < -0.39 is 10.0 Å². The summed E-state index contributed by atoms with van der Waals surface area (Å²) in [7, 11) is -3.35. The zero-order valence-corrected chi connectivity index (χ0v) is 15.9. The van der Waals surface area contributed by atoms with Gasteiger partial charge in [0.05, 0.1) is 4.90 Å². The molecule has 24 heavy (non-hydrogen) atoms. The fourth-order valence-electron chi connectivity index (χ4n) is 3.53. The molecule has 0 radical (unpaired) electrons. The third-order valence-electron chi connectivity index (χ3n) is 4.92. The van der Waals surface area contributed by atoms with Gasteiger partial charge in [-0.2, -0.15) is 4.31 Å². The van der Waals surface area contributed by atoms with Crippen LogP contribution in [0.4, 0.5) is 0 Å². The van der Waals surface area contributed by atoms with Gasteiger partial charge in [-0.15, -0.1) is 12.4 Å². The van der Waals surface area contributed by atoms with Crippen LogP contribution in [-0.4, -0.2) is 62.9 Å². The van der Waals surface area contributed by atoms with Crippen LogP contribution >= 0.6 is 12.4 Å². The minimum atomic E-state index is -3.35. The summed E-state index contributed by atoms with van der Waals surface area (Å²) < 4.78 is 27.2. The second-order valence-electron chi connectivity index (χ2n) is 6.48. The van der Waals surface area contributed by atoms with Crippen LogP contribution in [-0.2, 0) is 16.4 Å². The average Bonchev–Trinajstić information content (AvgIpc) is 3.10. The van der Waals surface area contributed by atoms with Crippen LogP contribution in [0, 0.1) is 0 Å². The molecule has 136 valence electrons. The Morgan fingerprint density at radius 1 is 1.12 bits per heavy atom. The molecule has 2 aliphatic rings. The second-order valence-corrected chi connectivity index (χ2v) is 8.42. The van der Waals surface area contributed by atoms with Gasteiger partial charge in [0.15, 0.2) is 0 Å². The normalized spacial score (nSPS) is 23.1. The van der Waals surface area contributed by atoms with Gasteiger partial charge in [0.2, 0.25) is 10.0 Å². The SMILES string of the molecule is CCCc1ccc(S(=O)(=O)N2CCN(C3CCNC3)CC2)cc1.Cl. The predicted molar refractivity (Wildman–Crippen MR) is 99.3 cm³/mol. The average molecular weight is 374 g/mol. The minimum Gasteiger partial charge on any atom is -0.315 e. The molecule has 2 aliphatic heterocycles. The molecule has 5 nitrogen and oxygen atoms in total. The van der Waals surface area contributed by atoms with E-state index in [4.69, 9.17) is 0 Å². The van der Waals surface area contributed by atoms with E-state index in [2.05, 4.69) is 17.1 Å². The maximum absolute atomic E-state index is 12.8. The van der Waals surface area contributed by atoms with Crippen molar-refractivity contribution in [1.29, 1.82) is 0 Å². The number of sulfonamides is 1.